The van der Waals surface area contributed by atoms with Gasteiger partial charge in [-0.25, -0.2) is 0 Å². The zero-order valence-corrected chi connectivity index (χ0v) is 23.4. The van der Waals surface area contributed by atoms with E-state index in [1.165, 1.54) is 95.5 Å². The number of phenols is 1. The summed E-state index contributed by atoms with van der Waals surface area (Å²) in [5, 5.41) is 14.5. The molecule has 0 aliphatic carbocycles. The normalized spacial score (nSPS) is 12.5. The highest BCUT2D eigenvalue weighted by Gasteiger charge is 2.26. The molecule has 1 aromatic rings. The van der Waals surface area contributed by atoms with Gasteiger partial charge in [-0.05, 0) is 40.5 Å². The van der Waals surface area contributed by atoms with Crippen LogP contribution in [0.1, 0.15) is 155 Å². The van der Waals surface area contributed by atoms with Crippen LogP contribution in [0.25, 0.3) is 0 Å². The number of nitrogens with one attached hydrogen (secondary N) is 1. The minimum absolute atomic E-state index is 0.0608. The summed E-state index contributed by atoms with van der Waals surface area (Å²) < 4.78 is 0. The summed E-state index contributed by atoms with van der Waals surface area (Å²) in [5.41, 5.74) is 3.28. The molecule has 0 bridgehead atoms. The van der Waals surface area contributed by atoms with Gasteiger partial charge in [0.25, 0.3) is 0 Å². The lowest BCUT2D eigenvalue weighted by Gasteiger charge is -2.28. The van der Waals surface area contributed by atoms with Crippen molar-refractivity contribution in [3.63, 3.8) is 0 Å². The molecule has 0 unspecified atom stereocenters. The molecule has 1 rings (SSSR count). The smallest absolute Gasteiger partial charge is 0.123 e. The molecule has 0 radical (unpaired) electrons. The summed E-state index contributed by atoms with van der Waals surface area (Å²) >= 11 is 0. The van der Waals surface area contributed by atoms with Gasteiger partial charge >= 0.3 is 0 Å². The largest absolute Gasteiger partial charge is 0.507 e. The van der Waals surface area contributed by atoms with Crippen LogP contribution in [0.3, 0.4) is 0 Å². The number of rotatable bonds is 17. The van der Waals surface area contributed by atoms with E-state index in [9.17, 15) is 5.11 Å². The van der Waals surface area contributed by atoms with E-state index in [1.807, 2.05) is 0 Å². The third kappa shape index (κ3) is 12.9. The summed E-state index contributed by atoms with van der Waals surface area (Å²) in [7, 11) is 0. The molecular weight excluding hydrogens is 402 g/mol. The molecule has 1 aromatic carbocycles. The molecule has 192 valence electrons. The van der Waals surface area contributed by atoms with Gasteiger partial charge in [0.05, 0.1) is 0 Å². The van der Waals surface area contributed by atoms with E-state index in [0.29, 0.717) is 5.75 Å². The van der Waals surface area contributed by atoms with Crippen molar-refractivity contribution < 1.29 is 5.11 Å². The van der Waals surface area contributed by atoms with Gasteiger partial charge < -0.3 is 10.4 Å². The van der Waals surface area contributed by atoms with Crippen molar-refractivity contribution in [2.45, 2.75) is 156 Å². The summed E-state index contributed by atoms with van der Waals surface area (Å²) in [5.74, 6) is 0.478. The molecule has 0 aliphatic rings. The predicted octanol–water partition coefficient (Wildman–Crippen LogP) is 9.56. The van der Waals surface area contributed by atoms with Crippen LogP contribution in [0.15, 0.2) is 12.1 Å². The number of benzene rings is 1. The van der Waals surface area contributed by atoms with Crippen molar-refractivity contribution in [2.24, 2.45) is 0 Å². The van der Waals surface area contributed by atoms with Crippen LogP contribution in [-0.4, -0.2) is 11.7 Å². The van der Waals surface area contributed by atoms with Gasteiger partial charge in [-0.3, -0.25) is 0 Å². The second kappa shape index (κ2) is 15.8. The minimum atomic E-state index is -0.0608. The van der Waals surface area contributed by atoms with Crippen molar-refractivity contribution in [1.82, 2.24) is 5.32 Å². The van der Waals surface area contributed by atoms with Gasteiger partial charge in [0.15, 0.2) is 0 Å². The standard InChI is InChI=1S/C31H57NO/c1-8-9-10-11-12-13-14-15-16-17-18-19-20-21-22-32-25-26-23-27(30(2,3)4)29(33)28(24-26)31(5,6)7/h23-24,32-33H,8-22,25H2,1-7H3. The Balaban J connectivity index is 2.19. The van der Waals surface area contributed by atoms with E-state index in [-0.39, 0.29) is 10.8 Å². The van der Waals surface area contributed by atoms with Crippen molar-refractivity contribution in [2.75, 3.05) is 6.54 Å². The number of hydrogen-bond acceptors (Lipinski definition) is 2. The van der Waals surface area contributed by atoms with E-state index >= 15 is 0 Å². The van der Waals surface area contributed by atoms with E-state index in [0.717, 1.165) is 24.2 Å². The monoisotopic (exact) mass is 459 g/mol. The van der Waals surface area contributed by atoms with Gasteiger partial charge in [-0.15, -0.1) is 0 Å². The Hall–Kier alpha value is -1.02. The highest BCUT2D eigenvalue weighted by Crippen LogP contribution is 2.39. The average Bonchev–Trinajstić information content (AvgIpc) is 2.72. The first-order valence-electron chi connectivity index (χ1n) is 14.1. The molecule has 33 heavy (non-hydrogen) atoms. The van der Waals surface area contributed by atoms with E-state index in [1.54, 1.807) is 0 Å². The average molecular weight is 460 g/mol. The van der Waals surface area contributed by atoms with Crippen molar-refractivity contribution in [3.05, 3.63) is 28.8 Å². The van der Waals surface area contributed by atoms with E-state index < -0.39 is 0 Å². The molecule has 0 spiro atoms. The molecule has 0 atom stereocenters. The highest BCUT2D eigenvalue weighted by atomic mass is 16.3. The molecule has 0 saturated heterocycles. The molecule has 0 fully saturated rings. The van der Waals surface area contributed by atoms with Crippen LogP contribution in [-0.2, 0) is 17.4 Å². The Kier molecular flexibility index (Phi) is 14.4. The summed E-state index contributed by atoms with van der Waals surface area (Å²) in [6.07, 6.45) is 19.7. The highest BCUT2D eigenvalue weighted by molar-refractivity contribution is 5.49. The topological polar surface area (TPSA) is 32.3 Å². The Bertz CT molecular complexity index is 600. The lowest BCUT2D eigenvalue weighted by Crippen LogP contribution is -2.20. The molecular formula is C31H57NO. The third-order valence-corrected chi connectivity index (χ3v) is 6.82. The molecule has 0 aliphatic heterocycles. The minimum Gasteiger partial charge on any atom is -0.507 e. The zero-order valence-electron chi connectivity index (χ0n) is 23.4. The Morgan fingerprint density at radius 2 is 0.970 bits per heavy atom. The molecule has 0 heterocycles. The van der Waals surface area contributed by atoms with Gasteiger partial charge in [-0.1, -0.05) is 144 Å². The maximum Gasteiger partial charge on any atom is 0.123 e. The fraction of sp³-hybridized carbons (Fsp3) is 0.806. The van der Waals surface area contributed by atoms with Crippen LogP contribution in [0.4, 0.5) is 0 Å². The van der Waals surface area contributed by atoms with Crippen molar-refractivity contribution in [3.8, 4) is 5.75 Å². The molecule has 2 heteroatoms. The Labute approximate surface area is 207 Å². The molecule has 0 saturated carbocycles. The van der Waals surface area contributed by atoms with E-state index in [4.69, 9.17) is 0 Å². The first kappa shape index (κ1) is 30.0. The number of aromatic hydroxyl groups is 1. The van der Waals surface area contributed by atoms with Gasteiger partial charge in [0.2, 0.25) is 0 Å². The van der Waals surface area contributed by atoms with Crippen LogP contribution >= 0.6 is 0 Å². The second-order valence-electron chi connectivity index (χ2n) is 12.3. The quantitative estimate of drug-likeness (QED) is 0.227. The fourth-order valence-electron chi connectivity index (χ4n) is 4.62. The van der Waals surface area contributed by atoms with Gasteiger partial charge in [0.1, 0.15) is 5.75 Å². The molecule has 2 N–H and O–H groups in total. The SMILES string of the molecule is CCCCCCCCCCCCCCCCNCc1cc(C(C)(C)C)c(O)c(C(C)(C)C)c1. The summed E-state index contributed by atoms with van der Waals surface area (Å²) in [6.45, 7) is 17.3. The third-order valence-electron chi connectivity index (χ3n) is 6.82. The van der Waals surface area contributed by atoms with Crippen LogP contribution < -0.4 is 5.32 Å². The molecule has 0 aromatic heterocycles. The fourth-order valence-corrected chi connectivity index (χ4v) is 4.62. The number of hydrogen-bond donors (Lipinski definition) is 2. The van der Waals surface area contributed by atoms with Crippen LogP contribution in [0.2, 0.25) is 0 Å². The molecule has 0 amide bonds. The lowest BCUT2D eigenvalue weighted by molar-refractivity contribution is 0.422. The summed E-state index contributed by atoms with van der Waals surface area (Å²) in [4.78, 5) is 0. The first-order chi connectivity index (χ1) is 15.6. The Morgan fingerprint density at radius 1 is 0.606 bits per heavy atom. The van der Waals surface area contributed by atoms with Gasteiger partial charge in [0, 0.05) is 6.54 Å². The van der Waals surface area contributed by atoms with Crippen molar-refractivity contribution in [1.29, 1.82) is 0 Å². The maximum atomic E-state index is 10.9. The summed E-state index contributed by atoms with van der Waals surface area (Å²) in [6, 6.07) is 4.39. The maximum absolute atomic E-state index is 10.9. The number of unbranched alkanes of at least 4 members (excludes halogenated alkanes) is 13. The van der Waals surface area contributed by atoms with Crippen LogP contribution in [0, 0.1) is 0 Å². The second-order valence-corrected chi connectivity index (χ2v) is 12.3. The molecule has 2 nitrogen and oxygen atoms in total. The Morgan fingerprint density at radius 3 is 1.33 bits per heavy atom. The van der Waals surface area contributed by atoms with E-state index in [2.05, 4.69) is 65.9 Å². The predicted molar refractivity (Wildman–Crippen MR) is 148 cm³/mol. The zero-order chi connectivity index (χ0) is 24.7. The van der Waals surface area contributed by atoms with Crippen molar-refractivity contribution >= 4 is 0 Å². The lowest BCUT2D eigenvalue weighted by atomic mass is 9.78. The van der Waals surface area contributed by atoms with Crippen LogP contribution in [0.5, 0.6) is 5.75 Å². The first-order valence-corrected chi connectivity index (χ1v) is 14.1. The van der Waals surface area contributed by atoms with Gasteiger partial charge in [-0.2, -0.15) is 0 Å². The number of phenolic OH excluding ortho intramolecular Hbond substituents is 1.